The number of amidine groups is 1. The lowest BCUT2D eigenvalue weighted by Gasteiger charge is -2.14. The monoisotopic (exact) mass is 276 g/mol. The summed E-state index contributed by atoms with van der Waals surface area (Å²) in [5.74, 6) is 0.0283. The van der Waals surface area contributed by atoms with Gasteiger partial charge in [-0.1, -0.05) is 11.2 Å². The number of nitrogens with two attached hydrogens (primary N) is 1. The molecule has 0 saturated heterocycles. The highest BCUT2D eigenvalue weighted by atomic mass is 32.1. The first-order chi connectivity index (χ1) is 9.22. The number of pyridine rings is 1. The van der Waals surface area contributed by atoms with E-state index in [1.807, 2.05) is 12.1 Å². The van der Waals surface area contributed by atoms with E-state index in [9.17, 15) is 0 Å². The van der Waals surface area contributed by atoms with Crippen LogP contribution in [0.2, 0.25) is 0 Å². The Morgan fingerprint density at radius 3 is 3.11 bits per heavy atom. The first-order valence-corrected chi connectivity index (χ1v) is 6.84. The van der Waals surface area contributed by atoms with E-state index < -0.39 is 0 Å². The van der Waals surface area contributed by atoms with Crippen molar-refractivity contribution in [2.24, 2.45) is 10.9 Å². The summed E-state index contributed by atoms with van der Waals surface area (Å²) in [6, 6.07) is 6.08. The van der Waals surface area contributed by atoms with E-state index in [4.69, 9.17) is 10.9 Å². The van der Waals surface area contributed by atoms with E-state index in [0.29, 0.717) is 12.2 Å². The molecule has 0 aromatic carbocycles. The van der Waals surface area contributed by atoms with Gasteiger partial charge >= 0.3 is 0 Å². The third-order valence-electron chi connectivity index (χ3n) is 2.88. The number of hydrogen-bond acceptors (Lipinski definition) is 5. The highest BCUT2D eigenvalue weighted by Crippen LogP contribution is 2.16. The van der Waals surface area contributed by atoms with Gasteiger partial charge in [0.2, 0.25) is 0 Å². The number of rotatable bonds is 5. The predicted octanol–water partition coefficient (Wildman–Crippen LogP) is 2.09. The molecular formula is C13H16N4OS. The van der Waals surface area contributed by atoms with Crippen LogP contribution >= 0.6 is 11.3 Å². The minimum Gasteiger partial charge on any atom is -0.409 e. The van der Waals surface area contributed by atoms with Crippen molar-refractivity contribution in [1.82, 2.24) is 10.3 Å². The third-order valence-corrected chi connectivity index (χ3v) is 3.58. The Labute approximate surface area is 115 Å². The van der Waals surface area contributed by atoms with Crippen LogP contribution in [-0.2, 0) is 6.54 Å². The summed E-state index contributed by atoms with van der Waals surface area (Å²) in [6.07, 6.45) is 1.62. The Balaban J connectivity index is 2.08. The Hall–Kier alpha value is -1.92. The van der Waals surface area contributed by atoms with Gasteiger partial charge in [0.05, 0.1) is 0 Å². The van der Waals surface area contributed by atoms with Gasteiger partial charge in [-0.15, -0.1) is 0 Å². The zero-order valence-corrected chi connectivity index (χ0v) is 11.4. The van der Waals surface area contributed by atoms with Crippen LogP contribution in [0.5, 0.6) is 0 Å². The van der Waals surface area contributed by atoms with Crippen LogP contribution < -0.4 is 11.1 Å². The van der Waals surface area contributed by atoms with E-state index in [0.717, 1.165) is 5.56 Å². The summed E-state index contributed by atoms with van der Waals surface area (Å²) in [5.41, 5.74) is 8.27. The SMILES string of the molecule is CC(NCc1cccnc1C(N)=NO)c1ccsc1. The first kappa shape index (κ1) is 13.5. The summed E-state index contributed by atoms with van der Waals surface area (Å²) < 4.78 is 0. The van der Waals surface area contributed by atoms with Crippen LogP contribution in [-0.4, -0.2) is 16.0 Å². The molecule has 1 atom stereocenters. The highest BCUT2D eigenvalue weighted by Gasteiger charge is 2.10. The molecule has 0 aliphatic carbocycles. The van der Waals surface area contributed by atoms with E-state index in [-0.39, 0.29) is 11.9 Å². The van der Waals surface area contributed by atoms with Crippen molar-refractivity contribution in [3.63, 3.8) is 0 Å². The quantitative estimate of drug-likeness (QED) is 0.338. The van der Waals surface area contributed by atoms with Gasteiger partial charge in [0.15, 0.2) is 5.84 Å². The van der Waals surface area contributed by atoms with Gasteiger partial charge in [-0.2, -0.15) is 11.3 Å². The molecular weight excluding hydrogens is 260 g/mol. The highest BCUT2D eigenvalue weighted by molar-refractivity contribution is 7.07. The largest absolute Gasteiger partial charge is 0.409 e. The normalized spacial score (nSPS) is 13.4. The van der Waals surface area contributed by atoms with Crippen molar-refractivity contribution in [2.75, 3.05) is 0 Å². The molecule has 4 N–H and O–H groups in total. The topological polar surface area (TPSA) is 83.5 Å². The van der Waals surface area contributed by atoms with Crippen LogP contribution in [0.15, 0.2) is 40.3 Å². The molecule has 0 aliphatic rings. The molecule has 0 aliphatic heterocycles. The van der Waals surface area contributed by atoms with Gasteiger partial charge in [-0.25, -0.2) is 0 Å². The molecule has 19 heavy (non-hydrogen) atoms. The van der Waals surface area contributed by atoms with Gasteiger partial charge in [0.1, 0.15) is 5.69 Å². The molecule has 5 nitrogen and oxygen atoms in total. The van der Waals surface area contributed by atoms with Crippen LogP contribution in [0, 0.1) is 0 Å². The smallest absolute Gasteiger partial charge is 0.189 e. The number of aromatic nitrogens is 1. The van der Waals surface area contributed by atoms with Crippen LogP contribution in [0.3, 0.4) is 0 Å². The number of hydrogen-bond donors (Lipinski definition) is 3. The summed E-state index contributed by atoms with van der Waals surface area (Å²) in [7, 11) is 0. The zero-order valence-electron chi connectivity index (χ0n) is 10.6. The molecule has 1 unspecified atom stereocenters. The van der Waals surface area contributed by atoms with Gasteiger partial charge < -0.3 is 16.3 Å². The van der Waals surface area contributed by atoms with Gasteiger partial charge in [0.25, 0.3) is 0 Å². The minimum atomic E-state index is 0.0283. The Bertz CT molecular complexity index is 554. The maximum absolute atomic E-state index is 8.74. The molecule has 0 amide bonds. The molecule has 6 heteroatoms. The fourth-order valence-corrected chi connectivity index (χ4v) is 2.52. The van der Waals surface area contributed by atoms with Gasteiger partial charge in [-0.3, -0.25) is 4.98 Å². The number of oxime groups is 1. The van der Waals surface area contributed by atoms with Crippen LogP contribution in [0.1, 0.15) is 29.8 Å². The Morgan fingerprint density at radius 1 is 1.58 bits per heavy atom. The molecule has 0 spiro atoms. The van der Waals surface area contributed by atoms with Crippen molar-refractivity contribution in [3.05, 3.63) is 52.0 Å². The molecule has 0 radical (unpaired) electrons. The second kappa shape index (κ2) is 6.31. The molecule has 0 fully saturated rings. The standard InChI is InChI=1S/C13H16N4OS/c1-9(11-4-6-19-8-11)16-7-10-3-2-5-15-12(10)13(14)17-18/h2-6,8-9,16,18H,7H2,1H3,(H2,14,17). The van der Waals surface area contributed by atoms with Gasteiger partial charge in [0, 0.05) is 18.8 Å². The lowest BCUT2D eigenvalue weighted by Crippen LogP contribution is -2.22. The zero-order chi connectivity index (χ0) is 13.7. The molecule has 2 aromatic heterocycles. The maximum atomic E-state index is 8.74. The predicted molar refractivity (Wildman–Crippen MR) is 76.3 cm³/mol. The van der Waals surface area contributed by atoms with E-state index >= 15 is 0 Å². The van der Waals surface area contributed by atoms with Crippen molar-refractivity contribution < 1.29 is 5.21 Å². The molecule has 2 rings (SSSR count). The molecule has 100 valence electrons. The lowest BCUT2D eigenvalue weighted by atomic mass is 10.1. The van der Waals surface area contributed by atoms with Crippen molar-refractivity contribution >= 4 is 17.2 Å². The summed E-state index contributed by atoms with van der Waals surface area (Å²) >= 11 is 1.68. The number of nitrogens with one attached hydrogen (secondary N) is 1. The molecule has 2 heterocycles. The fourth-order valence-electron chi connectivity index (χ4n) is 1.76. The van der Waals surface area contributed by atoms with Crippen molar-refractivity contribution in [3.8, 4) is 0 Å². The van der Waals surface area contributed by atoms with Gasteiger partial charge in [-0.05, 0) is 40.9 Å². The number of thiophene rings is 1. The van der Waals surface area contributed by atoms with Crippen LogP contribution in [0.4, 0.5) is 0 Å². The lowest BCUT2D eigenvalue weighted by molar-refractivity contribution is 0.318. The first-order valence-electron chi connectivity index (χ1n) is 5.89. The van der Waals surface area contributed by atoms with E-state index in [2.05, 4.69) is 39.2 Å². The summed E-state index contributed by atoms with van der Waals surface area (Å²) in [6.45, 7) is 2.71. The van der Waals surface area contributed by atoms with Crippen LogP contribution in [0.25, 0.3) is 0 Å². The average Bonchev–Trinajstić information content (AvgIpc) is 2.98. The molecule has 0 saturated carbocycles. The molecule has 0 bridgehead atoms. The second-order valence-electron chi connectivity index (χ2n) is 4.16. The fraction of sp³-hybridized carbons (Fsp3) is 0.231. The maximum Gasteiger partial charge on any atom is 0.189 e. The number of nitrogens with zero attached hydrogens (tertiary/aromatic N) is 2. The Morgan fingerprint density at radius 2 is 2.42 bits per heavy atom. The van der Waals surface area contributed by atoms with Crippen molar-refractivity contribution in [2.45, 2.75) is 19.5 Å². The second-order valence-corrected chi connectivity index (χ2v) is 4.94. The summed E-state index contributed by atoms with van der Waals surface area (Å²) in [4.78, 5) is 4.14. The third kappa shape index (κ3) is 3.30. The Kier molecular flexibility index (Phi) is 4.48. The van der Waals surface area contributed by atoms with E-state index in [1.54, 1.807) is 17.5 Å². The van der Waals surface area contributed by atoms with Crippen molar-refractivity contribution in [1.29, 1.82) is 0 Å². The molecule has 2 aromatic rings. The summed E-state index contributed by atoms with van der Waals surface area (Å²) in [5, 5.41) is 19.3. The van der Waals surface area contributed by atoms with E-state index in [1.165, 1.54) is 5.56 Å². The minimum absolute atomic E-state index is 0.0283. The average molecular weight is 276 g/mol.